The van der Waals surface area contributed by atoms with Crippen LogP contribution in [0.3, 0.4) is 0 Å². The summed E-state index contributed by atoms with van der Waals surface area (Å²) in [5.41, 5.74) is 1.44. The Hall–Kier alpha value is -3.96. The van der Waals surface area contributed by atoms with Gasteiger partial charge in [-0.3, -0.25) is 9.36 Å². The molecule has 12 heteroatoms. The maximum atomic E-state index is 14.3. The molecule has 1 unspecified atom stereocenters. The fourth-order valence-electron chi connectivity index (χ4n) is 5.07. The zero-order valence-corrected chi connectivity index (χ0v) is 20.8. The number of benzene rings is 2. The first-order valence-corrected chi connectivity index (χ1v) is 12.4. The molecule has 7 nitrogen and oxygen atoms in total. The molecule has 39 heavy (non-hydrogen) atoms. The average molecular weight is 549 g/mol. The Morgan fingerprint density at radius 1 is 1.10 bits per heavy atom. The van der Waals surface area contributed by atoms with Gasteiger partial charge in [0.1, 0.15) is 17.4 Å². The van der Waals surface area contributed by atoms with Crippen molar-refractivity contribution in [1.29, 1.82) is 0 Å². The van der Waals surface area contributed by atoms with E-state index >= 15 is 0 Å². The molecule has 2 heterocycles. The van der Waals surface area contributed by atoms with Crippen LogP contribution in [0.4, 0.5) is 26.7 Å². The number of hydrogen-bond donors (Lipinski definition) is 0. The number of fused-ring (bicyclic) bond motifs is 1. The molecule has 206 valence electrons. The van der Waals surface area contributed by atoms with Crippen LogP contribution in [-0.4, -0.2) is 33.5 Å². The number of rotatable bonds is 5. The molecule has 2 aromatic carbocycles. The van der Waals surface area contributed by atoms with E-state index in [1.165, 1.54) is 17.0 Å². The van der Waals surface area contributed by atoms with E-state index in [2.05, 4.69) is 9.72 Å². The lowest BCUT2D eigenvalue weighted by molar-refractivity contribution is -0.274. The van der Waals surface area contributed by atoms with Crippen molar-refractivity contribution < 1.29 is 36.2 Å². The highest BCUT2D eigenvalue weighted by Crippen LogP contribution is 2.40. The van der Waals surface area contributed by atoms with E-state index in [9.17, 15) is 31.5 Å². The van der Waals surface area contributed by atoms with Gasteiger partial charge >= 0.3 is 12.5 Å². The summed E-state index contributed by atoms with van der Waals surface area (Å²) in [6.07, 6.45) is -2.84. The molecule has 1 aromatic heterocycles. The van der Waals surface area contributed by atoms with Gasteiger partial charge in [0.05, 0.1) is 18.3 Å². The third-order valence-electron chi connectivity index (χ3n) is 7.12. The molecular formula is C27H24F5N3O4. The Bertz CT molecular complexity index is 1450. The van der Waals surface area contributed by atoms with Gasteiger partial charge < -0.3 is 14.4 Å². The third kappa shape index (κ3) is 5.59. The standard InChI is InChI=1S/C27H24F5N3O4/c1-15-33-22-14-34(26(37)38-23-10-9-19(13-21(23)29)39-27(30,31)32)12-11-20(22)25(36)35(15)24(16-3-2-4-16)17-5-7-18(28)8-6-17/h5-10,13,16,24H,2-4,11-12,14H2,1H3. The molecule has 1 fully saturated rings. The fourth-order valence-corrected chi connectivity index (χ4v) is 5.07. The highest BCUT2D eigenvalue weighted by molar-refractivity contribution is 5.71. The Morgan fingerprint density at radius 3 is 2.44 bits per heavy atom. The Balaban J connectivity index is 1.36. The quantitative estimate of drug-likeness (QED) is 0.383. The molecule has 1 saturated carbocycles. The fraction of sp³-hybridized carbons (Fsp3) is 0.370. The Morgan fingerprint density at radius 2 is 1.82 bits per heavy atom. The third-order valence-corrected chi connectivity index (χ3v) is 7.12. The molecule has 0 radical (unpaired) electrons. The lowest BCUT2D eigenvalue weighted by atomic mass is 9.77. The molecular weight excluding hydrogens is 525 g/mol. The number of aromatic nitrogens is 2. The summed E-state index contributed by atoms with van der Waals surface area (Å²) < 4.78 is 75.3. The zero-order chi connectivity index (χ0) is 27.9. The summed E-state index contributed by atoms with van der Waals surface area (Å²) in [4.78, 5) is 32.3. The molecule has 3 aromatic rings. The van der Waals surface area contributed by atoms with Gasteiger partial charge in [0, 0.05) is 18.2 Å². The molecule has 1 aliphatic carbocycles. The van der Waals surface area contributed by atoms with Gasteiger partial charge in [-0.05, 0) is 61.9 Å². The Labute approximate surface area is 219 Å². The van der Waals surface area contributed by atoms with Crippen molar-refractivity contribution in [3.8, 4) is 11.5 Å². The largest absolute Gasteiger partial charge is 0.573 e. The number of ether oxygens (including phenoxy) is 2. The highest BCUT2D eigenvalue weighted by Gasteiger charge is 2.35. The number of halogens is 5. The van der Waals surface area contributed by atoms with E-state index in [-0.39, 0.29) is 42.8 Å². The van der Waals surface area contributed by atoms with Gasteiger partial charge in [-0.25, -0.2) is 18.6 Å². The van der Waals surface area contributed by atoms with Crippen LogP contribution in [0.25, 0.3) is 0 Å². The van der Waals surface area contributed by atoms with Gasteiger partial charge in [0.25, 0.3) is 5.56 Å². The van der Waals surface area contributed by atoms with Crippen LogP contribution in [-0.2, 0) is 13.0 Å². The van der Waals surface area contributed by atoms with Gasteiger partial charge in [-0.1, -0.05) is 18.6 Å². The predicted molar refractivity (Wildman–Crippen MR) is 128 cm³/mol. The maximum Gasteiger partial charge on any atom is 0.573 e. The van der Waals surface area contributed by atoms with E-state index in [0.717, 1.165) is 37.0 Å². The maximum absolute atomic E-state index is 14.3. The summed E-state index contributed by atoms with van der Waals surface area (Å²) in [6, 6.07) is 7.98. The van der Waals surface area contributed by atoms with Gasteiger partial charge in [-0.2, -0.15) is 0 Å². The summed E-state index contributed by atoms with van der Waals surface area (Å²) in [5, 5.41) is 0. The number of nitrogens with zero attached hydrogens (tertiary/aromatic N) is 3. The average Bonchev–Trinajstić information content (AvgIpc) is 2.83. The number of carbonyl (C=O) groups excluding carboxylic acids is 1. The number of carbonyl (C=O) groups is 1. The first-order valence-electron chi connectivity index (χ1n) is 12.4. The second-order valence-corrected chi connectivity index (χ2v) is 9.63. The predicted octanol–water partition coefficient (Wildman–Crippen LogP) is 5.68. The van der Waals surface area contributed by atoms with Crippen molar-refractivity contribution in [1.82, 2.24) is 14.5 Å². The van der Waals surface area contributed by atoms with Gasteiger partial charge in [0.15, 0.2) is 11.6 Å². The van der Waals surface area contributed by atoms with E-state index in [4.69, 9.17) is 4.74 Å². The second kappa shape index (κ2) is 10.3. The summed E-state index contributed by atoms with van der Waals surface area (Å²) in [7, 11) is 0. The van der Waals surface area contributed by atoms with Crippen molar-refractivity contribution in [2.24, 2.45) is 5.92 Å². The molecule has 0 N–H and O–H groups in total. The highest BCUT2D eigenvalue weighted by atomic mass is 19.4. The van der Waals surface area contributed by atoms with Gasteiger partial charge in [-0.15, -0.1) is 13.2 Å². The first kappa shape index (κ1) is 26.6. The monoisotopic (exact) mass is 549 g/mol. The van der Waals surface area contributed by atoms with Crippen LogP contribution in [0.2, 0.25) is 0 Å². The first-order chi connectivity index (χ1) is 18.5. The molecule has 1 aliphatic heterocycles. The van der Waals surface area contributed by atoms with Crippen LogP contribution in [0.15, 0.2) is 47.3 Å². The second-order valence-electron chi connectivity index (χ2n) is 9.63. The van der Waals surface area contributed by atoms with Crippen LogP contribution in [0, 0.1) is 24.5 Å². The zero-order valence-electron chi connectivity index (χ0n) is 20.8. The summed E-state index contributed by atoms with van der Waals surface area (Å²) in [5.74, 6) is -2.27. The molecule has 0 spiro atoms. The molecule has 2 aliphatic rings. The van der Waals surface area contributed by atoms with Crippen LogP contribution in [0.1, 0.15) is 47.9 Å². The SMILES string of the molecule is Cc1nc2c(c(=O)n1C(c1ccc(F)cc1)C1CCC1)CCN(C(=O)Oc1ccc(OC(F)(F)F)cc1F)C2. The summed E-state index contributed by atoms with van der Waals surface area (Å²) >= 11 is 0. The van der Waals surface area contributed by atoms with Crippen LogP contribution < -0.4 is 15.0 Å². The van der Waals surface area contributed by atoms with E-state index in [1.54, 1.807) is 23.6 Å². The smallest absolute Gasteiger partial charge is 0.407 e. The minimum Gasteiger partial charge on any atom is -0.407 e. The lowest BCUT2D eigenvalue weighted by Crippen LogP contribution is -2.44. The normalized spacial score (nSPS) is 16.3. The minimum atomic E-state index is -4.99. The molecule has 0 bridgehead atoms. The molecule has 1 amide bonds. The van der Waals surface area contributed by atoms with E-state index in [1.807, 2.05) is 0 Å². The van der Waals surface area contributed by atoms with Crippen molar-refractivity contribution in [2.75, 3.05) is 6.54 Å². The molecule has 0 saturated heterocycles. The van der Waals surface area contributed by atoms with E-state index < -0.39 is 29.8 Å². The number of aryl methyl sites for hydroxylation is 1. The Kier molecular flexibility index (Phi) is 7.04. The van der Waals surface area contributed by atoms with Crippen molar-refractivity contribution in [3.05, 3.63) is 87.1 Å². The number of amides is 1. The van der Waals surface area contributed by atoms with Crippen molar-refractivity contribution >= 4 is 6.09 Å². The minimum absolute atomic E-state index is 0.0629. The van der Waals surface area contributed by atoms with Crippen LogP contribution >= 0.6 is 0 Å². The lowest BCUT2D eigenvalue weighted by Gasteiger charge is -2.37. The van der Waals surface area contributed by atoms with E-state index in [0.29, 0.717) is 23.1 Å². The van der Waals surface area contributed by atoms with Crippen molar-refractivity contribution in [2.45, 2.75) is 51.6 Å². The number of alkyl halides is 3. The van der Waals surface area contributed by atoms with Crippen LogP contribution in [0.5, 0.6) is 11.5 Å². The van der Waals surface area contributed by atoms with Gasteiger partial charge in [0.2, 0.25) is 0 Å². The summed E-state index contributed by atoms with van der Waals surface area (Å²) in [6.45, 7) is 1.73. The van der Waals surface area contributed by atoms with Crippen molar-refractivity contribution in [3.63, 3.8) is 0 Å². The molecule has 1 atom stereocenters. The number of hydrogen-bond acceptors (Lipinski definition) is 5. The topological polar surface area (TPSA) is 73.7 Å². The molecule has 5 rings (SSSR count).